The van der Waals surface area contributed by atoms with E-state index in [2.05, 4.69) is 21.3 Å². The van der Waals surface area contributed by atoms with E-state index in [1.54, 1.807) is 0 Å². The average molecular weight is 323 g/mol. The number of nitrogens with one attached hydrogen (secondary N) is 1. The number of carbonyl (C=O) groups excluding carboxylic acids is 1. The molecule has 5 heteroatoms. The molecule has 124 valence electrons. The highest BCUT2D eigenvalue weighted by atomic mass is 16.5. The van der Waals surface area contributed by atoms with E-state index in [1.165, 1.54) is 0 Å². The van der Waals surface area contributed by atoms with Gasteiger partial charge >= 0.3 is 0 Å². The molecule has 2 aliphatic rings. The molecule has 1 spiro atoms. The van der Waals surface area contributed by atoms with Crippen molar-refractivity contribution in [2.75, 3.05) is 19.7 Å². The van der Waals surface area contributed by atoms with E-state index in [1.807, 2.05) is 42.6 Å². The number of hydrogen-bond donors (Lipinski definition) is 1. The number of hydrogen-bond acceptors (Lipinski definition) is 4. The van der Waals surface area contributed by atoms with Crippen molar-refractivity contribution in [1.29, 1.82) is 0 Å². The number of pyridine rings is 1. The minimum absolute atomic E-state index is 0.0266. The molecule has 0 saturated carbocycles. The maximum Gasteiger partial charge on any atom is 0.255 e. The Kier molecular flexibility index (Phi) is 3.94. The smallest absolute Gasteiger partial charge is 0.255 e. The monoisotopic (exact) mass is 323 g/mol. The third kappa shape index (κ3) is 2.99. The number of para-hydroxylation sites is 1. The van der Waals surface area contributed by atoms with Gasteiger partial charge in [0.2, 0.25) is 0 Å². The highest BCUT2D eigenvalue weighted by molar-refractivity contribution is 5.97. The first-order valence-corrected chi connectivity index (χ1v) is 8.41. The lowest BCUT2D eigenvalue weighted by molar-refractivity contribution is 0.0706. The van der Waals surface area contributed by atoms with E-state index < -0.39 is 0 Å². The van der Waals surface area contributed by atoms with Crippen LogP contribution in [0.5, 0.6) is 5.75 Å². The van der Waals surface area contributed by atoms with Crippen LogP contribution in [0.25, 0.3) is 0 Å². The van der Waals surface area contributed by atoms with Crippen molar-refractivity contribution in [3.63, 3.8) is 0 Å². The van der Waals surface area contributed by atoms with Gasteiger partial charge in [-0.25, -0.2) is 0 Å². The maximum atomic E-state index is 12.5. The molecule has 0 atom stereocenters. The summed E-state index contributed by atoms with van der Waals surface area (Å²) in [6.07, 6.45) is 3.61. The van der Waals surface area contributed by atoms with Crippen LogP contribution in [0.4, 0.5) is 0 Å². The first-order valence-electron chi connectivity index (χ1n) is 8.41. The minimum Gasteiger partial charge on any atom is -0.490 e. The molecule has 1 aromatic carbocycles. The Bertz CT molecular complexity index is 724. The summed E-state index contributed by atoms with van der Waals surface area (Å²) in [6.45, 7) is 3.24. The number of piperidine rings is 1. The number of amides is 1. The van der Waals surface area contributed by atoms with Crippen LogP contribution in [0.3, 0.4) is 0 Å². The van der Waals surface area contributed by atoms with E-state index in [0.29, 0.717) is 17.9 Å². The van der Waals surface area contributed by atoms with Crippen LogP contribution in [0.15, 0.2) is 48.7 Å². The summed E-state index contributed by atoms with van der Waals surface area (Å²) in [5.74, 6) is 0.657. The SMILES string of the molecule is O=C1NC2(CCN(Cc3ccccn3)CC2)COc2ccccc21. The molecule has 3 heterocycles. The van der Waals surface area contributed by atoms with Crippen LogP contribution in [-0.2, 0) is 6.54 Å². The molecule has 24 heavy (non-hydrogen) atoms. The third-order valence-corrected chi connectivity index (χ3v) is 4.94. The molecule has 0 aliphatic carbocycles. The molecule has 0 radical (unpaired) electrons. The van der Waals surface area contributed by atoms with E-state index in [4.69, 9.17) is 4.74 Å². The van der Waals surface area contributed by atoms with Crippen LogP contribution in [0.1, 0.15) is 28.9 Å². The molecule has 2 aromatic rings. The highest BCUT2D eigenvalue weighted by Gasteiger charge is 2.39. The fourth-order valence-corrected chi connectivity index (χ4v) is 3.47. The van der Waals surface area contributed by atoms with Crippen molar-refractivity contribution in [2.45, 2.75) is 24.9 Å². The minimum atomic E-state index is -0.267. The van der Waals surface area contributed by atoms with Gasteiger partial charge in [0, 0.05) is 25.8 Å². The molecule has 1 aromatic heterocycles. The zero-order valence-electron chi connectivity index (χ0n) is 13.6. The average Bonchev–Trinajstić information content (AvgIpc) is 2.76. The molecule has 5 nitrogen and oxygen atoms in total. The fourth-order valence-electron chi connectivity index (χ4n) is 3.47. The highest BCUT2D eigenvalue weighted by Crippen LogP contribution is 2.30. The van der Waals surface area contributed by atoms with E-state index in [9.17, 15) is 4.79 Å². The van der Waals surface area contributed by atoms with Gasteiger partial charge < -0.3 is 10.1 Å². The number of nitrogens with zero attached hydrogens (tertiary/aromatic N) is 2. The number of ether oxygens (including phenoxy) is 1. The summed E-state index contributed by atoms with van der Waals surface area (Å²) in [6, 6.07) is 13.5. The van der Waals surface area contributed by atoms with Gasteiger partial charge in [0.25, 0.3) is 5.91 Å². The first-order chi connectivity index (χ1) is 11.7. The summed E-state index contributed by atoms with van der Waals surface area (Å²) >= 11 is 0. The van der Waals surface area contributed by atoms with Gasteiger partial charge in [0.15, 0.2) is 0 Å². The van der Waals surface area contributed by atoms with E-state index >= 15 is 0 Å². The van der Waals surface area contributed by atoms with E-state index in [0.717, 1.165) is 38.2 Å². The largest absolute Gasteiger partial charge is 0.490 e. The van der Waals surface area contributed by atoms with E-state index in [-0.39, 0.29) is 11.4 Å². The predicted molar refractivity (Wildman–Crippen MR) is 90.9 cm³/mol. The van der Waals surface area contributed by atoms with Gasteiger partial charge in [0.05, 0.1) is 16.8 Å². The summed E-state index contributed by atoms with van der Waals surface area (Å²) in [4.78, 5) is 19.3. The second kappa shape index (κ2) is 6.24. The quantitative estimate of drug-likeness (QED) is 0.921. The molecule has 1 amide bonds. The van der Waals surface area contributed by atoms with Crippen LogP contribution in [0, 0.1) is 0 Å². The molecule has 2 aliphatic heterocycles. The van der Waals surface area contributed by atoms with Gasteiger partial charge in [-0.1, -0.05) is 18.2 Å². The lowest BCUT2D eigenvalue weighted by atomic mass is 9.88. The normalized spacial score (nSPS) is 19.9. The standard InChI is InChI=1S/C19H21N3O2/c23-18-16-6-1-2-7-17(16)24-14-19(21-18)8-11-22(12-9-19)13-15-5-3-4-10-20-15/h1-7,10H,8-9,11-14H2,(H,21,23). The summed E-state index contributed by atoms with van der Waals surface area (Å²) in [5.41, 5.74) is 1.45. The Labute approximate surface area is 141 Å². The number of carbonyl (C=O) groups is 1. The Morgan fingerprint density at radius 1 is 1.12 bits per heavy atom. The van der Waals surface area contributed by atoms with Crippen molar-refractivity contribution in [3.05, 3.63) is 59.9 Å². The van der Waals surface area contributed by atoms with Crippen LogP contribution >= 0.6 is 0 Å². The number of benzene rings is 1. The molecule has 0 bridgehead atoms. The van der Waals surface area contributed by atoms with Crippen LogP contribution in [-0.4, -0.2) is 41.0 Å². The van der Waals surface area contributed by atoms with Crippen molar-refractivity contribution < 1.29 is 9.53 Å². The van der Waals surface area contributed by atoms with Gasteiger partial charge in [-0.3, -0.25) is 14.7 Å². The Hall–Kier alpha value is -2.40. The molecule has 4 rings (SSSR count). The molecule has 1 saturated heterocycles. The Morgan fingerprint density at radius 3 is 2.71 bits per heavy atom. The number of likely N-dealkylation sites (tertiary alicyclic amines) is 1. The first kappa shape index (κ1) is 15.1. The molecule has 1 N–H and O–H groups in total. The number of aromatic nitrogens is 1. The Balaban J connectivity index is 1.43. The number of fused-ring (bicyclic) bond motifs is 1. The van der Waals surface area contributed by atoms with Crippen molar-refractivity contribution in [2.24, 2.45) is 0 Å². The lowest BCUT2D eigenvalue weighted by Gasteiger charge is -2.40. The second-order valence-electron chi connectivity index (χ2n) is 6.62. The summed E-state index contributed by atoms with van der Waals surface area (Å²) in [5, 5.41) is 3.23. The lowest BCUT2D eigenvalue weighted by Crippen LogP contribution is -2.57. The zero-order chi connectivity index (χ0) is 16.4. The predicted octanol–water partition coefficient (Wildman–Crippen LogP) is 2.24. The second-order valence-corrected chi connectivity index (χ2v) is 6.62. The topological polar surface area (TPSA) is 54.5 Å². The van der Waals surface area contributed by atoms with Crippen LogP contribution < -0.4 is 10.1 Å². The molecular weight excluding hydrogens is 302 g/mol. The van der Waals surface area contributed by atoms with Crippen molar-refractivity contribution in [3.8, 4) is 5.75 Å². The fraction of sp³-hybridized carbons (Fsp3) is 0.368. The van der Waals surface area contributed by atoms with Gasteiger partial charge in [-0.05, 0) is 37.1 Å². The molecule has 0 unspecified atom stereocenters. The zero-order valence-corrected chi connectivity index (χ0v) is 13.6. The maximum absolute atomic E-state index is 12.5. The number of rotatable bonds is 2. The van der Waals surface area contributed by atoms with Crippen LogP contribution in [0.2, 0.25) is 0 Å². The Morgan fingerprint density at radius 2 is 1.92 bits per heavy atom. The summed E-state index contributed by atoms with van der Waals surface area (Å²) in [7, 11) is 0. The van der Waals surface area contributed by atoms with Gasteiger partial charge in [0.1, 0.15) is 12.4 Å². The van der Waals surface area contributed by atoms with Crippen molar-refractivity contribution >= 4 is 5.91 Å². The van der Waals surface area contributed by atoms with Gasteiger partial charge in [-0.15, -0.1) is 0 Å². The molecular formula is C19H21N3O2. The van der Waals surface area contributed by atoms with Crippen molar-refractivity contribution in [1.82, 2.24) is 15.2 Å². The molecule has 1 fully saturated rings. The van der Waals surface area contributed by atoms with Gasteiger partial charge in [-0.2, -0.15) is 0 Å². The summed E-state index contributed by atoms with van der Waals surface area (Å²) < 4.78 is 5.95. The third-order valence-electron chi connectivity index (χ3n) is 4.94.